The van der Waals surface area contributed by atoms with Crippen LogP contribution in [0.5, 0.6) is 0 Å². The van der Waals surface area contributed by atoms with Gasteiger partial charge >= 0.3 is 0 Å². The van der Waals surface area contributed by atoms with E-state index in [9.17, 15) is 0 Å². The molecule has 1 unspecified atom stereocenters. The van der Waals surface area contributed by atoms with Crippen molar-refractivity contribution in [1.82, 2.24) is 0 Å². The molecule has 138 valence electrons. The van der Waals surface area contributed by atoms with Crippen LogP contribution >= 0.6 is 0 Å². The standard InChI is InChI=1S/C27H30/c1-3-5-7-21-9-11-25-19-27(15-13-23(25)17-21)26-14-12-22-16-20(6-4-2)8-10-24(22)18-26/h4,6,8-11,13,15-17,19,26H,3,5,7,12,14,18H2,1-2H3/b6-4+. The maximum Gasteiger partial charge on any atom is -0.0118 e. The van der Waals surface area contributed by atoms with E-state index in [2.05, 4.69) is 80.6 Å². The Balaban J connectivity index is 1.55. The molecule has 4 rings (SSSR count). The van der Waals surface area contributed by atoms with Crippen LogP contribution in [-0.4, -0.2) is 0 Å². The van der Waals surface area contributed by atoms with Crippen LogP contribution in [0.2, 0.25) is 0 Å². The number of fused-ring (bicyclic) bond motifs is 2. The third-order valence-electron chi connectivity index (χ3n) is 6.04. The Labute approximate surface area is 163 Å². The Kier molecular flexibility index (Phi) is 5.43. The maximum absolute atomic E-state index is 2.43. The molecule has 0 N–H and O–H groups in total. The van der Waals surface area contributed by atoms with Gasteiger partial charge in [-0.25, -0.2) is 0 Å². The Hall–Kier alpha value is -2.34. The molecule has 0 saturated carbocycles. The molecule has 0 saturated heterocycles. The van der Waals surface area contributed by atoms with E-state index in [0.717, 1.165) is 0 Å². The van der Waals surface area contributed by atoms with E-state index in [-0.39, 0.29) is 0 Å². The molecule has 0 heterocycles. The average molecular weight is 355 g/mol. The first-order valence-corrected chi connectivity index (χ1v) is 10.5. The largest absolute Gasteiger partial charge is 0.0871 e. The summed E-state index contributed by atoms with van der Waals surface area (Å²) in [5, 5.41) is 2.78. The lowest BCUT2D eigenvalue weighted by molar-refractivity contribution is 0.585. The minimum absolute atomic E-state index is 0.647. The molecule has 0 aromatic heterocycles. The minimum Gasteiger partial charge on any atom is -0.0871 e. The third-order valence-corrected chi connectivity index (χ3v) is 6.04. The van der Waals surface area contributed by atoms with Crippen LogP contribution in [0.1, 0.15) is 66.8 Å². The fraction of sp³-hybridized carbons (Fsp3) is 0.333. The van der Waals surface area contributed by atoms with E-state index in [4.69, 9.17) is 0 Å². The van der Waals surface area contributed by atoms with E-state index in [1.807, 2.05) is 0 Å². The van der Waals surface area contributed by atoms with E-state index in [0.29, 0.717) is 5.92 Å². The molecule has 0 radical (unpaired) electrons. The predicted molar refractivity (Wildman–Crippen MR) is 118 cm³/mol. The first-order chi connectivity index (χ1) is 13.3. The van der Waals surface area contributed by atoms with Crippen molar-refractivity contribution in [3.05, 3.63) is 88.5 Å². The van der Waals surface area contributed by atoms with Gasteiger partial charge in [-0.2, -0.15) is 0 Å². The predicted octanol–water partition coefficient (Wildman–Crippen LogP) is 7.49. The highest BCUT2D eigenvalue weighted by atomic mass is 14.2. The van der Waals surface area contributed by atoms with Crippen molar-refractivity contribution in [3.63, 3.8) is 0 Å². The van der Waals surface area contributed by atoms with Gasteiger partial charge in [0.25, 0.3) is 0 Å². The van der Waals surface area contributed by atoms with Gasteiger partial charge in [0.2, 0.25) is 0 Å². The van der Waals surface area contributed by atoms with E-state index in [1.54, 1.807) is 5.56 Å². The Morgan fingerprint density at radius 1 is 0.926 bits per heavy atom. The van der Waals surface area contributed by atoms with Crippen LogP contribution in [0, 0.1) is 0 Å². The monoisotopic (exact) mass is 354 g/mol. The second-order valence-corrected chi connectivity index (χ2v) is 8.01. The highest BCUT2D eigenvalue weighted by Gasteiger charge is 2.20. The number of hydrogen-bond donors (Lipinski definition) is 0. The van der Waals surface area contributed by atoms with Crippen molar-refractivity contribution >= 4 is 16.8 Å². The molecule has 3 aromatic carbocycles. The summed E-state index contributed by atoms with van der Waals surface area (Å²) in [6, 6.07) is 21.2. The van der Waals surface area contributed by atoms with Crippen molar-refractivity contribution in [2.45, 2.75) is 58.3 Å². The van der Waals surface area contributed by atoms with Crippen LogP contribution in [0.3, 0.4) is 0 Å². The quantitative estimate of drug-likeness (QED) is 0.445. The van der Waals surface area contributed by atoms with Crippen molar-refractivity contribution < 1.29 is 0 Å². The summed E-state index contributed by atoms with van der Waals surface area (Å²) in [7, 11) is 0. The first kappa shape index (κ1) is 18.0. The fourth-order valence-corrected chi connectivity index (χ4v) is 4.46. The Bertz CT molecular complexity index is 961. The summed E-state index contributed by atoms with van der Waals surface area (Å²) in [5.41, 5.74) is 7.39. The van der Waals surface area contributed by atoms with Gasteiger partial charge in [0.1, 0.15) is 0 Å². The number of aryl methyl sites for hydroxylation is 2. The number of benzene rings is 3. The third kappa shape index (κ3) is 4.00. The lowest BCUT2D eigenvalue weighted by Gasteiger charge is -2.25. The lowest BCUT2D eigenvalue weighted by atomic mass is 9.79. The topological polar surface area (TPSA) is 0 Å². The molecule has 0 aliphatic heterocycles. The van der Waals surface area contributed by atoms with E-state index < -0.39 is 0 Å². The number of allylic oxidation sites excluding steroid dienone is 1. The summed E-state index contributed by atoms with van der Waals surface area (Å²) < 4.78 is 0. The lowest BCUT2D eigenvalue weighted by Crippen LogP contribution is -2.12. The van der Waals surface area contributed by atoms with E-state index >= 15 is 0 Å². The van der Waals surface area contributed by atoms with Gasteiger partial charge in [-0.15, -0.1) is 0 Å². The zero-order valence-corrected chi connectivity index (χ0v) is 16.7. The van der Waals surface area contributed by atoms with Gasteiger partial charge in [-0.1, -0.05) is 80.1 Å². The number of unbranched alkanes of at least 4 members (excludes halogenated alkanes) is 1. The summed E-state index contributed by atoms with van der Waals surface area (Å²) in [6.07, 6.45) is 11.7. The first-order valence-electron chi connectivity index (χ1n) is 10.5. The zero-order valence-electron chi connectivity index (χ0n) is 16.7. The van der Waals surface area contributed by atoms with Crippen LogP contribution in [0.25, 0.3) is 16.8 Å². The smallest absolute Gasteiger partial charge is 0.0118 e. The summed E-state index contributed by atoms with van der Waals surface area (Å²) in [5.74, 6) is 0.647. The average Bonchev–Trinajstić information content (AvgIpc) is 2.71. The van der Waals surface area contributed by atoms with Gasteiger partial charge in [0.05, 0.1) is 0 Å². The van der Waals surface area contributed by atoms with Gasteiger partial charge in [0.15, 0.2) is 0 Å². The van der Waals surface area contributed by atoms with Crippen LogP contribution in [0.4, 0.5) is 0 Å². The summed E-state index contributed by atoms with van der Waals surface area (Å²) >= 11 is 0. The molecule has 27 heavy (non-hydrogen) atoms. The van der Waals surface area contributed by atoms with Crippen LogP contribution in [0.15, 0.2) is 60.7 Å². The van der Waals surface area contributed by atoms with Crippen molar-refractivity contribution in [2.24, 2.45) is 0 Å². The molecule has 0 fully saturated rings. The zero-order chi connectivity index (χ0) is 18.6. The molecule has 0 spiro atoms. The molecule has 1 atom stereocenters. The molecule has 1 aliphatic rings. The second kappa shape index (κ2) is 8.13. The second-order valence-electron chi connectivity index (χ2n) is 8.01. The summed E-state index contributed by atoms with van der Waals surface area (Å²) in [4.78, 5) is 0. The molecule has 0 nitrogen and oxygen atoms in total. The molecule has 1 aliphatic carbocycles. The number of hydrogen-bond acceptors (Lipinski definition) is 0. The van der Waals surface area contributed by atoms with Gasteiger partial charge in [-0.05, 0) is 83.5 Å². The van der Waals surface area contributed by atoms with Crippen LogP contribution in [-0.2, 0) is 19.3 Å². The number of rotatable bonds is 5. The Morgan fingerprint density at radius 2 is 1.78 bits per heavy atom. The highest BCUT2D eigenvalue weighted by molar-refractivity contribution is 5.84. The van der Waals surface area contributed by atoms with Gasteiger partial charge in [-0.3, -0.25) is 0 Å². The van der Waals surface area contributed by atoms with Crippen molar-refractivity contribution in [2.75, 3.05) is 0 Å². The van der Waals surface area contributed by atoms with Crippen molar-refractivity contribution in [3.8, 4) is 0 Å². The molecule has 0 bridgehead atoms. The highest BCUT2D eigenvalue weighted by Crippen LogP contribution is 2.34. The van der Waals surface area contributed by atoms with Gasteiger partial charge < -0.3 is 0 Å². The molecule has 0 heteroatoms. The van der Waals surface area contributed by atoms with E-state index in [1.165, 1.54) is 71.6 Å². The molecular formula is C27H30. The SMILES string of the molecule is C/C=C/c1ccc2c(c1)CCC(c1ccc3cc(CCCC)ccc3c1)C2. The fourth-order valence-electron chi connectivity index (χ4n) is 4.46. The normalized spacial score (nSPS) is 16.7. The van der Waals surface area contributed by atoms with Gasteiger partial charge in [0, 0.05) is 0 Å². The molecular weight excluding hydrogens is 324 g/mol. The van der Waals surface area contributed by atoms with Crippen LogP contribution < -0.4 is 0 Å². The minimum atomic E-state index is 0.647. The molecule has 3 aromatic rings. The summed E-state index contributed by atoms with van der Waals surface area (Å²) in [6.45, 7) is 4.35. The molecule has 0 amide bonds. The Morgan fingerprint density at radius 3 is 2.63 bits per heavy atom. The maximum atomic E-state index is 2.43. The van der Waals surface area contributed by atoms with Crippen molar-refractivity contribution in [1.29, 1.82) is 0 Å².